The molecule has 1 amide bonds. The van der Waals surface area contributed by atoms with Gasteiger partial charge in [0.05, 0.1) is 12.7 Å². The van der Waals surface area contributed by atoms with Gasteiger partial charge in [0.1, 0.15) is 11.3 Å². The number of halogens is 1. The zero-order chi connectivity index (χ0) is 25.8. The number of carboxylic acid groups (broad SMARTS) is 1. The lowest BCUT2D eigenvalue weighted by Crippen LogP contribution is -2.50. The fourth-order valence-corrected chi connectivity index (χ4v) is 4.41. The van der Waals surface area contributed by atoms with Crippen LogP contribution in [0.25, 0.3) is 0 Å². The first-order valence-electron chi connectivity index (χ1n) is 11.2. The number of benzene rings is 2. The summed E-state index contributed by atoms with van der Waals surface area (Å²) in [5, 5.41) is 26.1. The van der Waals surface area contributed by atoms with Crippen LogP contribution in [0.1, 0.15) is 54.5 Å². The van der Waals surface area contributed by atoms with Crippen LogP contribution < -0.4 is 15.4 Å². The average molecular weight is 493 g/mol. The first-order valence-corrected chi connectivity index (χ1v) is 11.2. The minimum absolute atomic E-state index is 0.00445. The molecule has 1 aliphatic heterocycles. The summed E-state index contributed by atoms with van der Waals surface area (Å²) in [6.07, 6.45) is 3.48. The molecule has 1 fully saturated rings. The van der Waals surface area contributed by atoms with Crippen molar-refractivity contribution in [2.45, 2.75) is 18.4 Å². The van der Waals surface area contributed by atoms with Crippen LogP contribution in [0.2, 0.25) is 0 Å². The van der Waals surface area contributed by atoms with E-state index in [1.165, 1.54) is 43.8 Å². The molecule has 36 heavy (non-hydrogen) atoms. The number of ether oxygens (including phenoxy) is 1. The Labute approximate surface area is 205 Å². The van der Waals surface area contributed by atoms with E-state index in [1.807, 2.05) is 0 Å². The number of rotatable bonds is 7. The number of amides is 1. The number of phenolic OH excluding ortho intramolecular Hbond substituents is 1. The van der Waals surface area contributed by atoms with E-state index in [9.17, 15) is 29.0 Å². The SMILES string of the molecule is COc1ccc(O)c(C(=O)c2ccc(C(=O)O)c(C3CCNC[C@@H]3NC(=O)c3ccncc3)c2)c1F. The molecule has 2 heterocycles. The number of carbonyl (C=O) groups is 3. The third kappa shape index (κ3) is 4.89. The Hall–Kier alpha value is -4.31. The predicted molar refractivity (Wildman–Crippen MR) is 127 cm³/mol. The van der Waals surface area contributed by atoms with Gasteiger partial charge in [-0.1, -0.05) is 6.07 Å². The molecule has 0 radical (unpaired) electrons. The summed E-state index contributed by atoms with van der Waals surface area (Å²) in [6, 6.07) is 8.96. The lowest BCUT2D eigenvalue weighted by atomic mass is 9.82. The molecule has 1 saturated heterocycles. The summed E-state index contributed by atoms with van der Waals surface area (Å²) < 4.78 is 19.8. The van der Waals surface area contributed by atoms with E-state index < -0.39 is 40.8 Å². The number of piperidine rings is 1. The van der Waals surface area contributed by atoms with Crippen molar-refractivity contribution < 1.29 is 33.7 Å². The summed E-state index contributed by atoms with van der Waals surface area (Å²) in [5.74, 6) is -4.60. The van der Waals surface area contributed by atoms with Gasteiger partial charge in [-0.25, -0.2) is 9.18 Å². The molecule has 1 aromatic heterocycles. The molecule has 1 aliphatic rings. The van der Waals surface area contributed by atoms with Crippen LogP contribution in [0.15, 0.2) is 54.9 Å². The highest BCUT2D eigenvalue weighted by Gasteiger charge is 2.32. The van der Waals surface area contributed by atoms with Gasteiger partial charge in [0.2, 0.25) is 0 Å². The second-order valence-corrected chi connectivity index (χ2v) is 8.33. The van der Waals surface area contributed by atoms with Gasteiger partial charge in [-0.15, -0.1) is 0 Å². The quantitative estimate of drug-likeness (QED) is 0.369. The van der Waals surface area contributed by atoms with Gasteiger partial charge < -0.3 is 25.6 Å². The van der Waals surface area contributed by atoms with Crippen LogP contribution in [0.5, 0.6) is 11.5 Å². The zero-order valence-electron chi connectivity index (χ0n) is 19.3. The number of ketones is 1. The maximum absolute atomic E-state index is 14.8. The Morgan fingerprint density at radius 2 is 1.86 bits per heavy atom. The van der Waals surface area contributed by atoms with Crippen LogP contribution in [0.3, 0.4) is 0 Å². The molecule has 4 N–H and O–H groups in total. The molecule has 9 nitrogen and oxygen atoms in total. The van der Waals surface area contributed by atoms with Crippen molar-refractivity contribution in [2.24, 2.45) is 0 Å². The van der Waals surface area contributed by atoms with Gasteiger partial charge in [-0.3, -0.25) is 14.6 Å². The molecular weight excluding hydrogens is 469 g/mol. The van der Waals surface area contributed by atoms with E-state index in [-0.39, 0.29) is 22.8 Å². The molecule has 3 aromatic rings. The lowest BCUT2D eigenvalue weighted by molar-refractivity contribution is 0.0694. The number of aromatic carboxylic acids is 1. The van der Waals surface area contributed by atoms with Crippen LogP contribution in [0.4, 0.5) is 4.39 Å². The largest absolute Gasteiger partial charge is 0.507 e. The van der Waals surface area contributed by atoms with E-state index >= 15 is 0 Å². The summed E-state index contributed by atoms with van der Waals surface area (Å²) >= 11 is 0. The van der Waals surface area contributed by atoms with E-state index in [0.29, 0.717) is 30.6 Å². The van der Waals surface area contributed by atoms with E-state index in [1.54, 1.807) is 12.1 Å². The number of methoxy groups -OCH3 is 1. The molecule has 1 unspecified atom stereocenters. The molecule has 0 spiro atoms. The number of aromatic nitrogens is 1. The maximum Gasteiger partial charge on any atom is 0.335 e. The van der Waals surface area contributed by atoms with Crippen LogP contribution >= 0.6 is 0 Å². The first-order chi connectivity index (χ1) is 17.3. The van der Waals surface area contributed by atoms with Gasteiger partial charge in [-0.2, -0.15) is 0 Å². The smallest absolute Gasteiger partial charge is 0.335 e. The topological polar surface area (TPSA) is 138 Å². The molecule has 0 saturated carbocycles. The Balaban J connectivity index is 1.73. The lowest BCUT2D eigenvalue weighted by Gasteiger charge is -2.34. The zero-order valence-corrected chi connectivity index (χ0v) is 19.3. The Morgan fingerprint density at radius 3 is 2.56 bits per heavy atom. The highest BCUT2D eigenvalue weighted by atomic mass is 19.1. The molecule has 10 heteroatoms. The second-order valence-electron chi connectivity index (χ2n) is 8.33. The van der Waals surface area contributed by atoms with Crippen molar-refractivity contribution in [2.75, 3.05) is 20.2 Å². The van der Waals surface area contributed by atoms with E-state index in [2.05, 4.69) is 15.6 Å². The predicted octanol–water partition coefficient (Wildman–Crippen LogP) is 2.74. The second kappa shape index (κ2) is 10.5. The minimum Gasteiger partial charge on any atom is -0.507 e. The van der Waals surface area contributed by atoms with Crippen molar-refractivity contribution in [1.82, 2.24) is 15.6 Å². The molecule has 0 aliphatic carbocycles. The number of carbonyl (C=O) groups excluding carboxylic acids is 2. The Bertz CT molecular complexity index is 1310. The summed E-state index contributed by atoms with van der Waals surface area (Å²) in [5.41, 5.74) is 0.127. The average Bonchev–Trinajstić information content (AvgIpc) is 2.89. The molecule has 2 atom stereocenters. The molecule has 4 rings (SSSR count). The molecular formula is C26H24FN3O6. The third-order valence-electron chi connectivity index (χ3n) is 6.22. The summed E-state index contributed by atoms with van der Waals surface area (Å²) in [4.78, 5) is 42.0. The number of aromatic hydroxyl groups is 1. The van der Waals surface area contributed by atoms with Crippen molar-refractivity contribution in [1.29, 1.82) is 0 Å². The van der Waals surface area contributed by atoms with Crippen molar-refractivity contribution in [3.8, 4) is 11.5 Å². The van der Waals surface area contributed by atoms with E-state index in [0.717, 1.165) is 6.07 Å². The van der Waals surface area contributed by atoms with Gasteiger partial charge in [0, 0.05) is 42.0 Å². The Kier molecular flexibility index (Phi) is 7.25. The maximum atomic E-state index is 14.8. The van der Waals surface area contributed by atoms with Crippen molar-refractivity contribution in [3.63, 3.8) is 0 Å². The molecule has 0 bridgehead atoms. The molecule has 186 valence electrons. The van der Waals surface area contributed by atoms with Gasteiger partial charge in [0.25, 0.3) is 5.91 Å². The third-order valence-corrected chi connectivity index (χ3v) is 6.22. The van der Waals surface area contributed by atoms with Crippen molar-refractivity contribution in [3.05, 3.63) is 88.5 Å². The highest BCUT2D eigenvalue weighted by molar-refractivity contribution is 6.11. The summed E-state index contributed by atoms with van der Waals surface area (Å²) in [6.45, 7) is 0.943. The van der Waals surface area contributed by atoms with Crippen LogP contribution in [0, 0.1) is 5.82 Å². The van der Waals surface area contributed by atoms with Crippen LogP contribution in [-0.4, -0.2) is 59.1 Å². The van der Waals surface area contributed by atoms with Crippen LogP contribution in [-0.2, 0) is 0 Å². The fraction of sp³-hybridized carbons (Fsp3) is 0.231. The number of pyridine rings is 1. The van der Waals surface area contributed by atoms with E-state index in [4.69, 9.17) is 4.74 Å². The minimum atomic E-state index is -1.20. The number of hydrogen-bond acceptors (Lipinski definition) is 7. The fourth-order valence-electron chi connectivity index (χ4n) is 4.41. The van der Waals surface area contributed by atoms with Gasteiger partial charge in [-0.05, 0) is 54.9 Å². The number of hydrogen-bond donors (Lipinski definition) is 4. The number of nitrogens with one attached hydrogen (secondary N) is 2. The molecule has 2 aromatic carbocycles. The summed E-state index contributed by atoms with van der Waals surface area (Å²) in [7, 11) is 1.24. The highest BCUT2D eigenvalue weighted by Crippen LogP contribution is 2.33. The number of nitrogens with zero attached hydrogens (tertiary/aromatic N) is 1. The monoisotopic (exact) mass is 493 g/mol. The number of phenols is 1. The van der Waals surface area contributed by atoms with Crippen molar-refractivity contribution >= 4 is 17.7 Å². The standard InChI is InChI=1S/C26H24FN3O6/c1-36-21-5-4-20(31)22(23(21)27)24(32)15-2-3-17(26(34)35)18(12-15)16-8-11-29-13-19(16)30-25(33)14-6-9-28-10-7-14/h2-7,9-10,12,16,19,29,31H,8,11,13H2,1H3,(H,30,33)(H,34,35)/t16?,19-/m0/s1. The van der Waals surface area contributed by atoms with Gasteiger partial charge in [0.15, 0.2) is 17.3 Å². The Morgan fingerprint density at radius 1 is 1.11 bits per heavy atom. The normalized spacial score (nSPS) is 17.3. The first kappa shape index (κ1) is 24.8. The van der Waals surface area contributed by atoms with Gasteiger partial charge >= 0.3 is 5.97 Å². The number of carboxylic acids is 1.